The molecule has 0 spiro atoms. The first-order valence-corrected chi connectivity index (χ1v) is 8.54. The van der Waals surface area contributed by atoms with E-state index in [1.54, 1.807) is 43.1 Å². The van der Waals surface area contributed by atoms with E-state index in [9.17, 15) is 8.42 Å². The van der Waals surface area contributed by atoms with Crippen LogP contribution in [0.25, 0.3) is 11.1 Å². The highest BCUT2D eigenvalue weighted by Gasteiger charge is 2.17. The topological polar surface area (TPSA) is 96.0 Å². The van der Waals surface area contributed by atoms with Crippen molar-refractivity contribution in [1.82, 2.24) is 9.71 Å². The summed E-state index contributed by atoms with van der Waals surface area (Å²) in [6.45, 7) is 0.0702. The maximum absolute atomic E-state index is 12.4. The molecule has 0 radical (unpaired) electrons. The predicted octanol–water partition coefficient (Wildman–Crippen LogP) is 2.69. The zero-order valence-electron chi connectivity index (χ0n) is 12.5. The van der Waals surface area contributed by atoms with Crippen molar-refractivity contribution in [2.24, 2.45) is 0 Å². The van der Waals surface area contributed by atoms with Gasteiger partial charge in [-0.25, -0.2) is 13.1 Å². The van der Waals surface area contributed by atoms with E-state index in [1.807, 2.05) is 12.1 Å². The van der Waals surface area contributed by atoms with Crippen molar-refractivity contribution < 1.29 is 12.8 Å². The Morgan fingerprint density at radius 3 is 2.75 bits per heavy atom. The van der Waals surface area contributed by atoms with Gasteiger partial charge in [-0.15, -0.1) is 0 Å². The highest BCUT2D eigenvalue weighted by Crippen LogP contribution is 2.20. The second-order valence-electron chi connectivity index (χ2n) is 5.03. The lowest BCUT2D eigenvalue weighted by Crippen LogP contribution is -2.24. The molecule has 0 bridgehead atoms. The van der Waals surface area contributed by atoms with E-state index in [4.69, 9.17) is 9.68 Å². The summed E-state index contributed by atoms with van der Waals surface area (Å²) >= 11 is 0. The Kier molecular flexibility index (Phi) is 4.42. The molecule has 6 nitrogen and oxygen atoms in total. The molecule has 0 aliphatic rings. The van der Waals surface area contributed by atoms with Crippen LogP contribution in [0.2, 0.25) is 0 Å². The lowest BCUT2D eigenvalue weighted by Gasteiger charge is -2.08. The van der Waals surface area contributed by atoms with Gasteiger partial charge >= 0.3 is 0 Å². The highest BCUT2D eigenvalue weighted by atomic mass is 32.2. The lowest BCUT2D eigenvalue weighted by atomic mass is 10.1. The fourth-order valence-corrected chi connectivity index (χ4v) is 3.39. The predicted molar refractivity (Wildman–Crippen MR) is 87.1 cm³/mol. The number of nitrogens with zero attached hydrogens (tertiary/aromatic N) is 2. The number of pyridine rings is 1. The third kappa shape index (κ3) is 3.35. The van der Waals surface area contributed by atoms with Gasteiger partial charge in [0.1, 0.15) is 6.07 Å². The van der Waals surface area contributed by atoms with Crippen molar-refractivity contribution in [2.45, 2.75) is 11.4 Å². The van der Waals surface area contributed by atoms with E-state index in [2.05, 4.69) is 9.71 Å². The average molecular weight is 339 g/mol. The standard InChI is InChI=1S/C17H13N3O3S/c18-8-14-3-1-2-4-17(14)24(21,22)20-10-13-7-16(11-19-9-13)15-5-6-23-12-15/h1-7,9,11-12,20H,10H2. The summed E-state index contributed by atoms with van der Waals surface area (Å²) in [4.78, 5) is 4.08. The van der Waals surface area contributed by atoms with E-state index >= 15 is 0 Å². The van der Waals surface area contributed by atoms with Crippen molar-refractivity contribution in [2.75, 3.05) is 0 Å². The van der Waals surface area contributed by atoms with Gasteiger partial charge in [-0.3, -0.25) is 4.98 Å². The smallest absolute Gasteiger partial charge is 0.242 e. The molecule has 1 N–H and O–H groups in total. The molecule has 0 saturated carbocycles. The third-order valence-corrected chi connectivity index (χ3v) is 4.87. The Hall–Kier alpha value is -2.95. The van der Waals surface area contributed by atoms with Crippen LogP contribution in [0.1, 0.15) is 11.1 Å². The number of rotatable bonds is 5. The van der Waals surface area contributed by atoms with Crippen molar-refractivity contribution in [3.63, 3.8) is 0 Å². The lowest BCUT2D eigenvalue weighted by molar-refractivity contribution is 0.568. The molecule has 3 rings (SSSR count). The highest BCUT2D eigenvalue weighted by molar-refractivity contribution is 7.89. The second kappa shape index (κ2) is 6.66. The van der Waals surface area contributed by atoms with Crippen molar-refractivity contribution in [3.05, 3.63) is 72.4 Å². The maximum Gasteiger partial charge on any atom is 0.242 e. The summed E-state index contributed by atoms with van der Waals surface area (Å²) in [6, 6.07) is 11.6. The Morgan fingerprint density at radius 1 is 1.17 bits per heavy atom. The van der Waals surface area contributed by atoms with Gasteiger partial charge in [0.25, 0.3) is 0 Å². The quantitative estimate of drug-likeness (QED) is 0.771. The molecule has 0 amide bonds. The molecule has 2 heterocycles. The molecule has 0 unspecified atom stereocenters. The fraction of sp³-hybridized carbons (Fsp3) is 0.0588. The van der Waals surface area contributed by atoms with Crippen molar-refractivity contribution in [1.29, 1.82) is 5.26 Å². The van der Waals surface area contributed by atoms with Crippen LogP contribution >= 0.6 is 0 Å². The van der Waals surface area contributed by atoms with Crippen molar-refractivity contribution >= 4 is 10.0 Å². The minimum atomic E-state index is -3.79. The molecule has 0 atom stereocenters. The molecule has 1 aromatic carbocycles. The first-order valence-electron chi connectivity index (χ1n) is 7.05. The van der Waals surface area contributed by atoms with Crippen LogP contribution in [-0.4, -0.2) is 13.4 Å². The number of hydrogen-bond acceptors (Lipinski definition) is 5. The minimum Gasteiger partial charge on any atom is -0.472 e. The van der Waals surface area contributed by atoms with Crippen LogP contribution in [-0.2, 0) is 16.6 Å². The normalized spacial score (nSPS) is 11.1. The molecule has 0 aliphatic heterocycles. The number of benzene rings is 1. The monoisotopic (exact) mass is 339 g/mol. The molecular weight excluding hydrogens is 326 g/mol. The zero-order valence-corrected chi connectivity index (χ0v) is 13.3. The molecule has 0 fully saturated rings. The molecule has 24 heavy (non-hydrogen) atoms. The second-order valence-corrected chi connectivity index (χ2v) is 6.76. The van der Waals surface area contributed by atoms with Gasteiger partial charge in [0.2, 0.25) is 10.0 Å². The summed E-state index contributed by atoms with van der Waals surface area (Å²) in [5.74, 6) is 0. The average Bonchev–Trinajstić information content (AvgIpc) is 3.15. The molecule has 2 aromatic heterocycles. The van der Waals surface area contributed by atoms with E-state index < -0.39 is 10.0 Å². The van der Waals surface area contributed by atoms with Crippen LogP contribution in [0.15, 0.2) is 70.6 Å². The van der Waals surface area contributed by atoms with Gasteiger partial charge in [-0.05, 0) is 29.8 Å². The number of aromatic nitrogens is 1. The molecule has 3 aromatic rings. The Labute approximate surface area is 139 Å². The van der Waals surface area contributed by atoms with Crippen molar-refractivity contribution in [3.8, 4) is 17.2 Å². The SMILES string of the molecule is N#Cc1ccccc1S(=O)(=O)NCc1cncc(-c2ccoc2)c1. The van der Waals surface area contributed by atoms with Gasteiger partial charge in [0, 0.05) is 30.1 Å². The number of nitrogens with one attached hydrogen (secondary N) is 1. The first kappa shape index (κ1) is 15.9. The summed E-state index contributed by atoms with van der Waals surface area (Å²) in [7, 11) is -3.79. The molecule has 0 saturated heterocycles. The van der Waals surface area contributed by atoms with Gasteiger partial charge in [0.15, 0.2) is 0 Å². The summed E-state index contributed by atoms with van der Waals surface area (Å²) in [5.41, 5.74) is 2.50. The Morgan fingerprint density at radius 2 is 2.00 bits per heavy atom. The van der Waals surface area contributed by atoms with Crippen LogP contribution in [0, 0.1) is 11.3 Å². The minimum absolute atomic E-state index is 0.0357. The van der Waals surface area contributed by atoms with Gasteiger partial charge in [-0.2, -0.15) is 5.26 Å². The Balaban J connectivity index is 1.81. The number of sulfonamides is 1. The molecule has 7 heteroatoms. The van der Waals surface area contributed by atoms with Gasteiger partial charge < -0.3 is 4.42 Å². The summed E-state index contributed by atoms with van der Waals surface area (Å²) in [5, 5.41) is 9.05. The van der Waals surface area contributed by atoms with E-state index in [-0.39, 0.29) is 17.0 Å². The van der Waals surface area contributed by atoms with Crippen LogP contribution in [0.3, 0.4) is 0 Å². The largest absolute Gasteiger partial charge is 0.472 e. The summed E-state index contributed by atoms with van der Waals surface area (Å²) < 4.78 is 32.3. The van der Waals surface area contributed by atoms with Crippen LogP contribution in [0.4, 0.5) is 0 Å². The van der Waals surface area contributed by atoms with E-state index in [0.717, 1.165) is 11.1 Å². The Bertz CT molecular complexity index is 990. The molecule has 120 valence electrons. The number of hydrogen-bond donors (Lipinski definition) is 1. The zero-order chi connectivity index (χ0) is 17.0. The molecular formula is C17H13N3O3S. The van der Waals surface area contributed by atoms with E-state index in [1.165, 1.54) is 12.1 Å². The summed E-state index contributed by atoms with van der Waals surface area (Å²) in [6.07, 6.45) is 6.41. The van der Waals surface area contributed by atoms with Gasteiger partial charge in [-0.1, -0.05) is 12.1 Å². The molecule has 0 aliphatic carbocycles. The maximum atomic E-state index is 12.4. The first-order chi connectivity index (χ1) is 11.6. The third-order valence-electron chi connectivity index (χ3n) is 3.41. The van der Waals surface area contributed by atoms with Gasteiger partial charge in [0.05, 0.1) is 23.0 Å². The van der Waals surface area contributed by atoms with E-state index in [0.29, 0.717) is 5.56 Å². The van der Waals surface area contributed by atoms with Crippen LogP contribution < -0.4 is 4.72 Å². The van der Waals surface area contributed by atoms with Crippen LogP contribution in [0.5, 0.6) is 0 Å². The fourth-order valence-electron chi connectivity index (χ4n) is 2.22. The number of furan rings is 1. The number of nitriles is 1.